The van der Waals surface area contributed by atoms with Crippen molar-refractivity contribution >= 4 is 0 Å². The molecule has 0 saturated carbocycles. The van der Waals surface area contributed by atoms with Crippen molar-refractivity contribution in [1.29, 1.82) is 0 Å². The van der Waals surface area contributed by atoms with Crippen molar-refractivity contribution in [2.24, 2.45) is 10.8 Å². The van der Waals surface area contributed by atoms with Crippen LogP contribution >= 0.6 is 0 Å². The summed E-state index contributed by atoms with van der Waals surface area (Å²) >= 11 is 0. The molecule has 0 aliphatic carbocycles. The molecule has 4 rings (SSSR count). The van der Waals surface area contributed by atoms with Crippen molar-refractivity contribution in [2.45, 2.75) is 117 Å². The molecule has 31 heavy (non-hydrogen) atoms. The summed E-state index contributed by atoms with van der Waals surface area (Å²) in [4.78, 5) is 13.0. The molecule has 4 saturated heterocycles. The largest absolute Gasteiger partial charge is 0.368 e. The Balaban J connectivity index is 1.45. The van der Waals surface area contributed by atoms with E-state index in [1.54, 1.807) is 0 Å². The molecular weight excluding hydrogens is 396 g/mol. The van der Waals surface area contributed by atoms with Crippen molar-refractivity contribution in [1.82, 2.24) is 10.1 Å². The standard InChI is InChI=1S/C24H44N2O5/c1-21(2)11-9-13-25(23(21,5)6)30-19(17-15-27-17)29-20(18-16-28-18)31-26-14-10-12-22(3,4)24(26,7)8/h17-20H,9-16H2,1-8H3. The highest BCUT2D eigenvalue weighted by atomic mass is 16.9. The van der Waals surface area contributed by atoms with Crippen LogP contribution in [0.15, 0.2) is 0 Å². The second-order valence-electron chi connectivity index (χ2n) is 12.1. The van der Waals surface area contributed by atoms with Gasteiger partial charge in [0.15, 0.2) is 0 Å². The molecule has 4 fully saturated rings. The maximum absolute atomic E-state index is 6.49. The van der Waals surface area contributed by atoms with Crippen LogP contribution in [-0.4, -0.2) is 72.3 Å². The second kappa shape index (κ2) is 8.19. The molecule has 0 aromatic rings. The van der Waals surface area contributed by atoms with Crippen LogP contribution in [0, 0.1) is 10.8 Å². The molecule has 7 heteroatoms. The molecule has 4 unspecified atom stereocenters. The summed E-state index contributed by atoms with van der Waals surface area (Å²) in [6, 6.07) is 0. The Bertz CT molecular complexity index is 588. The minimum absolute atomic E-state index is 0.0588. The smallest absolute Gasteiger partial charge is 0.208 e. The van der Waals surface area contributed by atoms with E-state index >= 15 is 0 Å². The number of ether oxygens (including phenoxy) is 3. The summed E-state index contributed by atoms with van der Waals surface area (Å²) in [5.41, 5.74) is 0.0956. The number of nitrogens with zero attached hydrogens (tertiary/aromatic N) is 2. The van der Waals surface area contributed by atoms with Crippen LogP contribution in [0.5, 0.6) is 0 Å². The van der Waals surface area contributed by atoms with Crippen molar-refractivity contribution in [3.8, 4) is 0 Å². The van der Waals surface area contributed by atoms with Crippen LogP contribution in [0.25, 0.3) is 0 Å². The van der Waals surface area contributed by atoms with E-state index in [1.807, 2.05) is 0 Å². The Morgan fingerprint density at radius 1 is 0.677 bits per heavy atom. The number of rotatable bonds is 8. The molecule has 4 heterocycles. The molecule has 4 aliphatic rings. The molecule has 0 amide bonds. The fraction of sp³-hybridized carbons (Fsp3) is 1.00. The maximum atomic E-state index is 6.49. The van der Waals surface area contributed by atoms with E-state index in [1.165, 1.54) is 12.8 Å². The lowest BCUT2D eigenvalue weighted by Gasteiger charge is -2.53. The summed E-state index contributed by atoms with van der Waals surface area (Å²) in [5.74, 6) is 0. The first-order chi connectivity index (χ1) is 14.4. The first kappa shape index (κ1) is 23.9. The van der Waals surface area contributed by atoms with Gasteiger partial charge in [-0.15, -0.1) is 0 Å². The molecule has 0 radical (unpaired) electrons. The quantitative estimate of drug-likeness (QED) is 0.416. The summed E-state index contributed by atoms with van der Waals surface area (Å²) in [5, 5.41) is 4.23. The van der Waals surface area contributed by atoms with E-state index in [-0.39, 0.29) is 34.1 Å². The van der Waals surface area contributed by atoms with Gasteiger partial charge in [0.1, 0.15) is 12.2 Å². The molecule has 0 bridgehead atoms. The molecule has 7 nitrogen and oxygen atoms in total. The third kappa shape index (κ3) is 4.70. The third-order valence-corrected chi connectivity index (χ3v) is 8.94. The van der Waals surface area contributed by atoms with Gasteiger partial charge in [0.25, 0.3) is 0 Å². The Morgan fingerprint density at radius 2 is 1.03 bits per heavy atom. The SMILES string of the molecule is CC1(C)CCCN(OC(OC(ON2CCCC(C)(C)C2(C)C)C2CO2)C2CO2)C1(C)C. The van der Waals surface area contributed by atoms with Gasteiger partial charge in [0, 0.05) is 24.2 Å². The molecule has 4 aliphatic heterocycles. The predicted molar refractivity (Wildman–Crippen MR) is 118 cm³/mol. The van der Waals surface area contributed by atoms with Crippen molar-refractivity contribution in [3.05, 3.63) is 0 Å². The Labute approximate surface area is 188 Å². The van der Waals surface area contributed by atoms with E-state index in [9.17, 15) is 0 Å². The van der Waals surface area contributed by atoms with Gasteiger partial charge in [-0.2, -0.15) is 10.1 Å². The van der Waals surface area contributed by atoms with Crippen LogP contribution in [0.3, 0.4) is 0 Å². The van der Waals surface area contributed by atoms with E-state index in [0.717, 1.165) is 25.9 Å². The van der Waals surface area contributed by atoms with Crippen molar-refractivity contribution in [3.63, 3.8) is 0 Å². The van der Waals surface area contributed by atoms with Crippen molar-refractivity contribution in [2.75, 3.05) is 26.3 Å². The van der Waals surface area contributed by atoms with E-state index in [2.05, 4.69) is 65.5 Å². The third-order valence-electron chi connectivity index (χ3n) is 8.94. The van der Waals surface area contributed by atoms with Crippen LogP contribution in [0.2, 0.25) is 0 Å². The summed E-state index contributed by atoms with van der Waals surface area (Å²) in [6.07, 6.45) is 3.48. The molecule has 0 spiro atoms. The van der Waals surface area contributed by atoms with Gasteiger partial charge in [-0.25, -0.2) is 0 Å². The Morgan fingerprint density at radius 3 is 1.35 bits per heavy atom. The lowest BCUT2D eigenvalue weighted by atomic mass is 9.69. The number of epoxide rings is 2. The van der Waals surface area contributed by atoms with Gasteiger partial charge < -0.3 is 14.2 Å². The highest BCUT2D eigenvalue weighted by molar-refractivity contribution is 4.97. The van der Waals surface area contributed by atoms with Gasteiger partial charge in [-0.3, -0.25) is 9.68 Å². The number of piperidine rings is 2. The zero-order valence-corrected chi connectivity index (χ0v) is 20.9. The van der Waals surface area contributed by atoms with Gasteiger partial charge in [-0.1, -0.05) is 27.7 Å². The van der Waals surface area contributed by atoms with Gasteiger partial charge in [0.05, 0.1) is 13.2 Å². The zero-order chi connectivity index (χ0) is 22.7. The molecular formula is C24H44N2O5. The lowest BCUT2D eigenvalue weighted by molar-refractivity contribution is -0.401. The summed E-state index contributed by atoms with van der Waals surface area (Å²) in [7, 11) is 0. The lowest BCUT2D eigenvalue weighted by Crippen LogP contribution is -2.60. The van der Waals surface area contributed by atoms with Crippen molar-refractivity contribution < 1.29 is 23.9 Å². The van der Waals surface area contributed by atoms with E-state index in [4.69, 9.17) is 23.9 Å². The van der Waals surface area contributed by atoms with Crippen LogP contribution in [0.1, 0.15) is 81.1 Å². The molecule has 180 valence electrons. The summed E-state index contributed by atoms with van der Waals surface area (Å²) < 4.78 is 17.7. The van der Waals surface area contributed by atoms with Gasteiger partial charge >= 0.3 is 0 Å². The van der Waals surface area contributed by atoms with Crippen LogP contribution < -0.4 is 0 Å². The predicted octanol–water partition coefficient (Wildman–Crippen LogP) is 4.12. The topological polar surface area (TPSA) is 59.2 Å². The number of hydrogen-bond acceptors (Lipinski definition) is 7. The molecule has 4 atom stereocenters. The van der Waals surface area contributed by atoms with E-state index in [0.29, 0.717) is 13.2 Å². The average Bonchev–Trinajstić information content (AvgIpc) is 3.53. The summed E-state index contributed by atoms with van der Waals surface area (Å²) in [6.45, 7) is 21.4. The number of hydroxylamine groups is 4. The highest BCUT2D eigenvalue weighted by Crippen LogP contribution is 2.46. The first-order valence-electron chi connectivity index (χ1n) is 12.1. The second-order valence-corrected chi connectivity index (χ2v) is 12.1. The van der Waals surface area contributed by atoms with Gasteiger partial charge in [0.2, 0.25) is 12.6 Å². The van der Waals surface area contributed by atoms with E-state index < -0.39 is 12.6 Å². The minimum atomic E-state index is -0.497. The Kier molecular flexibility index (Phi) is 6.30. The van der Waals surface area contributed by atoms with Gasteiger partial charge in [-0.05, 0) is 64.2 Å². The normalized spacial score (nSPS) is 36.0. The fourth-order valence-electron chi connectivity index (χ4n) is 4.71. The van der Waals surface area contributed by atoms with Crippen LogP contribution in [0.4, 0.5) is 0 Å². The maximum Gasteiger partial charge on any atom is 0.208 e. The molecule has 0 aromatic heterocycles. The zero-order valence-electron chi connectivity index (χ0n) is 20.9. The monoisotopic (exact) mass is 440 g/mol. The Hall–Kier alpha value is -0.280. The minimum Gasteiger partial charge on any atom is -0.368 e. The highest BCUT2D eigenvalue weighted by Gasteiger charge is 2.51. The first-order valence-corrected chi connectivity index (χ1v) is 12.1. The number of hydrogen-bond donors (Lipinski definition) is 0. The molecule has 0 aromatic carbocycles. The fourth-order valence-corrected chi connectivity index (χ4v) is 4.71. The van der Waals surface area contributed by atoms with Crippen LogP contribution in [-0.2, 0) is 23.9 Å². The molecule has 0 N–H and O–H groups in total. The average molecular weight is 441 g/mol.